The lowest BCUT2D eigenvalue weighted by atomic mass is 10.1. The molecule has 0 saturated carbocycles. The summed E-state index contributed by atoms with van der Waals surface area (Å²) in [6.07, 6.45) is 0. The SMILES string of the molecule is NS(=O)(=O)c1ccc(-n2nc(C(Cl)(Cl)Cl)cc2-c2ccc(F)cc2)cc1. The minimum Gasteiger partial charge on any atom is -0.233 e. The molecule has 0 aliphatic heterocycles. The summed E-state index contributed by atoms with van der Waals surface area (Å²) in [6, 6.07) is 13.0. The molecule has 1 aromatic heterocycles. The average molecular weight is 435 g/mol. The van der Waals surface area contributed by atoms with Crippen LogP contribution in [-0.4, -0.2) is 18.2 Å². The average Bonchev–Trinajstić information content (AvgIpc) is 3.00. The molecule has 0 radical (unpaired) electrons. The number of hydrogen-bond acceptors (Lipinski definition) is 3. The van der Waals surface area contributed by atoms with Gasteiger partial charge in [-0.25, -0.2) is 22.6 Å². The first-order chi connectivity index (χ1) is 12.1. The van der Waals surface area contributed by atoms with Crippen LogP contribution in [0.2, 0.25) is 0 Å². The lowest BCUT2D eigenvalue weighted by Crippen LogP contribution is -2.12. The maximum atomic E-state index is 13.2. The molecule has 26 heavy (non-hydrogen) atoms. The summed E-state index contributed by atoms with van der Waals surface area (Å²) >= 11 is 17.8. The fraction of sp³-hybridized carbons (Fsp3) is 0.0625. The summed E-state index contributed by atoms with van der Waals surface area (Å²) in [6.45, 7) is 0. The number of nitrogens with zero attached hydrogens (tertiary/aromatic N) is 2. The summed E-state index contributed by atoms with van der Waals surface area (Å²) in [4.78, 5) is -0.0432. The Bertz CT molecular complexity index is 1040. The van der Waals surface area contributed by atoms with Crippen molar-refractivity contribution in [3.63, 3.8) is 0 Å². The van der Waals surface area contributed by atoms with Crippen molar-refractivity contribution in [3.05, 3.63) is 66.1 Å². The Kier molecular flexibility index (Phi) is 5.02. The van der Waals surface area contributed by atoms with Crippen LogP contribution in [0.15, 0.2) is 59.5 Å². The summed E-state index contributed by atoms with van der Waals surface area (Å²) < 4.78 is 35.7. The van der Waals surface area contributed by atoms with Gasteiger partial charge in [-0.05, 0) is 54.6 Å². The molecule has 3 rings (SSSR count). The Labute approximate surface area is 164 Å². The monoisotopic (exact) mass is 433 g/mol. The number of nitrogens with two attached hydrogens (primary N) is 1. The number of benzene rings is 2. The van der Waals surface area contributed by atoms with Gasteiger partial charge in [0, 0.05) is 5.56 Å². The largest absolute Gasteiger partial charge is 0.238 e. The van der Waals surface area contributed by atoms with Crippen molar-refractivity contribution in [2.24, 2.45) is 5.14 Å². The number of halogens is 4. The Hall–Kier alpha value is -1.64. The highest BCUT2D eigenvalue weighted by Gasteiger charge is 2.28. The van der Waals surface area contributed by atoms with Crippen LogP contribution >= 0.6 is 34.8 Å². The zero-order valence-electron chi connectivity index (χ0n) is 12.9. The first-order valence-corrected chi connectivity index (χ1v) is 9.80. The van der Waals surface area contributed by atoms with Crippen LogP contribution in [0, 0.1) is 5.82 Å². The van der Waals surface area contributed by atoms with E-state index in [0.29, 0.717) is 16.9 Å². The van der Waals surface area contributed by atoms with Gasteiger partial charge in [0.15, 0.2) is 0 Å². The molecule has 0 aliphatic rings. The van der Waals surface area contributed by atoms with Crippen LogP contribution in [0.4, 0.5) is 4.39 Å². The summed E-state index contributed by atoms with van der Waals surface area (Å²) in [5.41, 5.74) is 1.85. The van der Waals surface area contributed by atoms with Gasteiger partial charge in [0.25, 0.3) is 0 Å². The van der Waals surface area contributed by atoms with Gasteiger partial charge in [0.05, 0.1) is 16.3 Å². The standard InChI is InChI=1S/C16H11Cl3FN3O2S/c17-16(18,19)15-9-14(10-1-3-11(20)4-2-10)23(22-15)12-5-7-13(8-6-12)26(21,24)25/h1-9H,(H2,21,24,25). The topological polar surface area (TPSA) is 78.0 Å². The van der Waals surface area contributed by atoms with Gasteiger partial charge in [-0.2, -0.15) is 5.10 Å². The van der Waals surface area contributed by atoms with Crippen molar-refractivity contribution < 1.29 is 12.8 Å². The summed E-state index contributed by atoms with van der Waals surface area (Å²) in [5.74, 6) is -0.390. The number of primary sulfonamides is 1. The third-order valence-electron chi connectivity index (χ3n) is 3.55. The quantitative estimate of drug-likeness (QED) is 0.629. The molecule has 3 aromatic rings. The summed E-state index contributed by atoms with van der Waals surface area (Å²) in [7, 11) is -3.82. The number of sulfonamides is 1. The molecule has 0 atom stereocenters. The van der Waals surface area contributed by atoms with Crippen molar-refractivity contribution in [1.29, 1.82) is 0 Å². The van der Waals surface area contributed by atoms with Gasteiger partial charge < -0.3 is 0 Å². The smallest absolute Gasteiger partial charge is 0.233 e. The molecule has 0 spiro atoms. The zero-order valence-corrected chi connectivity index (χ0v) is 16.0. The van der Waals surface area contributed by atoms with E-state index in [1.165, 1.54) is 41.1 Å². The molecule has 0 amide bonds. The molecule has 0 saturated heterocycles. The van der Waals surface area contributed by atoms with Crippen LogP contribution in [-0.2, 0) is 13.8 Å². The van der Waals surface area contributed by atoms with E-state index in [9.17, 15) is 12.8 Å². The number of hydrogen-bond donors (Lipinski definition) is 1. The Morgan fingerprint density at radius 3 is 2.08 bits per heavy atom. The molecule has 1 heterocycles. The molecule has 5 nitrogen and oxygen atoms in total. The van der Waals surface area contributed by atoms with E-state index in [4.69, 9.17) is 39.9 Å². The maximum absolute atomic E-state index is 13.2. The van der Waals surface area contributed by atoms with Gasteiger partial charge in [-0.15, -0.1) is 0 Å². The van der Waals surface area contributed by atoms with Crippen LogP contribution in [0.1, 0.15) is 5.69 Å². The minimum absolute atomic E-state index is 0.0432. The third kappa shape index (κ3) is 4.02. The van der Waals surface area contributed by atoms with E-state index < -0.39 is 13.8 Å². The lowest BCUT2D eigenvalue weighted by Gasteiger charge is -2.09. The molecular formula is C16H11Cl3FN3O2S. The Balaban J connectivity index is 2.16. The molecule has 0 unspecified atom stereocenters. The molecule has 0 bridgehead atoms. The maximum Gasteiger partial charge on any atom is 0.238 e. The van der Waals surface area contributed by atoms with Crippen LogP contribution in [0.5, 0.6) is 0 Å². The van der Waals surface area contributed by atoms with Gasteiger partial charge in [0.1, 0.15) is 11.5 Å². The van der Waals surface area contributed by atoms with E-state index in [0.717, 1.165) is 0 Å². The molecule has 2 N–H and O–H groups in total. The third-order valence-corrected chi connectivity index (χ3v) is 5.06. The first-order valence-electron chi connectivity index (χ1n) is 7.12. The highest BCUT2D eigenvalue weighted by Crippen LogP contribution is 2.39. The molecule has 10 heteroatoms. The first kappa shape index (κ1) is 19.1. The van der Waals surface area contributed by atoms with Gasteiger partial charge in [-0.1, -0.05) is 34.8 Å². The number of aromatic nitrogens is 2. The van der Waals surface area contributed by atoms with E-state index in [2.05, 4.69) is 5.10 Å². The van der Waals surface area contributed by atoms with Gasteiger partial charge in [0.2, 0.25) is 13.8 Å². The highest BCUT2D eigenvalue weighted by molar-refractivity contribution is 7.89. The Morgan fingerprint density at radius 1 is 1.00 bits per heavy atom. The highest BCUT2D eigenvalue weighted by atomic mass is 35.6. The fourth-order valence-electron chi connectivity index (χ4n) is 2.32. The molecule has 2 aromatic carbocycles. The summed E-state index contributed by atoms with van der Waals surface area (Å²) in [5, 5.41) is 9.39. The van der Waals surface area contributed by atoms with Crippen molar-refractivity contribution in [3.8, 4) is 16.9 Å². The molecule has 136 valence electrons. The second-order valence-electron chi connectivity index (χ2n) is 5.37. The van der Waals surface area contributed by atoms with Crippen molar-refractivity contribution in [2.45, 2.75) is 8.69 Å². The molecule has 0 fully saturated rings. The normalized spacial score (nSPS) is 12.3. The van der Waals surface area contributed by atoms with Crippen molar-refractivity contribution in [2.75, 3.05) is 0 Å². The van der Waals surface area contributed by atoms with Gasteiger partial charge in [-0.3, -0.25) is 0 Å². The predicted molar refractivity (Wildman–Crippen MR) is 99.6 cm³/mol. The lowest BCUT2D eigenvalue weighted by molar-refractivity contribution is 0.597. The van der Waals surface area contributed by atoms with Crippen LogP contribution < -0.4 is 5.14 Å². The van der Waals surface area contributed by atoms with E-state index >= 15 is 0 Å². The van der Waals surface area contributed by atoms with Crippen molar-refractivity contribution in [1.82, 2.24) is 9.78 Å². The van der Waals surface area contributed by atoms with Crippen molar-refractivity contribution >= 4 is 44.8 Å². The second-order valence-corrected chi connectivity index (χ2v) is 9.21. The molecule has 0 aliphatic carbocycles. The van der Waals surface area contributed by atoms with E-state index in [1.807, 2.05) is 0 Å². The predicted octanol–water partition coefficient (Wildman–Crippen LogP) is 4.15. The zero-order chi connectivity index (χ0) is 19.1. The fourth-order valence-corrected chi connectivity index (χ4v) is 3.11. The van der Waals surface area contributed by atoms with E-state index in [-0.39, 0.29) is 16.4 Å². The van der Waals surface area contributed by atoms with E-state index in [1.54, 1.807) is 18.2 Å². The Morgan fingerprint density at radius 2 is 1.58 bits per heavy atom. The second kappa shape index (κ2) is 6.83. The number of alkyl halides is 3. The minimum atomic E-state index is -3.82. The molecular weight excluding hydrogens is 424 g/mol. The number of rotatable bonds is 3. The van der Waals surface area contributed by atoms with Crippen LogP contribution in [0.25, 0.3) is 16.9 Å². The van der Waals surface area contributed by atoms with Crippen LogP contribution in [0.3, 0.4) is 0 Å². The van der Waals surface area contributed by atoms with Gasteiger partial charge >= 0.3 is 0 Å².